The topological polar surface area (TPSA) is 84.9 Å². The number of carbonyl (C=O) groups excluding carboxylic acids is 3. The lowest BCUT2D eigenvalue weighted by atomic mass is 9.97. The Kier molecular flexibility index (Phi) is 7.27. The van der Waals surface area contributed by atoms with Gasteiger partial charge >= 0.3 is 5.97 Å². The van der Waals surface area contributed by atoms with Crippen LogP contribution in [0.4, 0.5) is 5.69 Å². The second kappa shape index (κ2) is 10.1. The average Bonchev–Trinajstić information content (AvgIpc) is 2.73. The molecule has 0 saturated heterocycles. The molecule has 0 aromatic heterocycles. The predicted octanol–water partition coefficient (Wildman–Crippen LogP) is 2.74. The number of allylic oxidation sites excluding steroid dienone is 1. The van der Waals surface area contributed by atoms with Crippen LogP contribution in [-0.4, -0.2) is 43.6 Å². The summed E-state index contributed by atoms with van der Waals surface area (Å²) in [5.74, 6) is -0.414. The summed E-state index contributed by atoms with van der Waals surface area (Å²) in [6, 6.07) is 7.19. The monoisotopic (exact) mass is 400 g/mol. The number of esters is 1. The summed E-state index contributed by atoms with van der Waals surface area (Å²) in [6.45, 7) is 2.23. The summed E-state index contributed by atoms with van der Waals surface area (Å²) in [4.78, 5) is 38.0. The summed E-state index contributed by atoms with van der Waals surface area (Å²) >= 11 is 0. The first-order valence-electron chi connectivity index (χ1n) is 10.2. The number of nitrogens with zero attached hydrogens (tertiary/aromatic N) is 1. The Labute approximate surface area is 171 Å². The van der Waals surface area contributed by atoms with E-state index in [1.807, 2.05) is 12.1 Å². The quantitative estimate of drug-likeness (QED) is 0.536. The van der Waals surface area contributed by atoms with Crippen molar-refractivity contribution in [2.45, 2.75) is 51.6 Å². The van der Waals surface area contributed by atoms with Crippen LogP contribution >= 0.6 is 0 Å². The van der Waals surface area contributed by atoms with Crippen molar-refractivity contribution < 1.29 is 23.9 Å². The number of hydrogen-bond donors (Lipinski definition) is 1. The van der Waals surface area contributed by atoms with Crippen molar-refractivity contribution in [1.82, 2.24) is 5.32 Å². The molecule has 0 saturated carbocycles. The molecule has 0 unspecified atom stereocenters. The molecular weight excluding hydrogens is 372 g/mol. The second-order valence-corrected chi connectivity index (χ2v) is 7.33. The molecule has 1 aromatic carbocycles. The zero-order valence-corrected chi connectivity index (χ0v) is 16.8. The van der Waals surface area contributed by atoms with Gasteiger partial charge in [0.05, 0.1) is 12.1 Å². The molecule has 2 amide bonds. The van der Waals surface area contributed by atoms with Crippen molar-refractivity contribution in [2.24, 2.45) is 0 Å². The van der Waals surface area contributed by atoms with Gasteiger partial charge in [0.15, 0.2) is 12.7 Å². The highest BCUT2D eigenvalue weighted by molar-refractivity contribution is 5.98. The number of rotatable bonds is 8. The van der Waals surface area contributed by atoms with Gasteiger partial charge in [-0.25, -0.2) is 0 Å². The van der Waals surface area contributed by atoms with Gasteiger partial charge in [0.2, 0.25) is 0 Å². The maximum absolute atomic E-state index is 12.2. The summed E-state index contributed by atoms with van der Waals surface area (Å²) in [5, 5.41) is 2.82. The number of ether oxygens (including phenoxy) is 2. The number of fused-ring (bicyclic) bond motifs is 1. The number of amides is 2. The Balaban J connectivity index is 1.41. The van der Waals surface area contributed by atoms with Gasteiger partial charge in [0, 0.05) is 13.1 Å². The lowest BCUT2D eigenvalue weighted by Crippen LogP contribution is -2.41. The molecule has 1 aliphatic heterocycles. The third-order valence-corrected chi connectivity index (χ3v) is 5.16. The van der Waals surface area contributed by atoms with Crippen LogP contribution in [-0.2, 0) is 19.1 Å². The van der Waals surface area contributed by atoms with Crippen LogP contribution in [0.3, 0.4) is 0 Å². The molecule has 7 heteroatoms. The van der Waals surface area contributed by atoms with Gasteiger partial charge in [-0.05, 0) is 51.2 Å². The predicted molar refractivity (Wildman–Crippen MR) is 109 cm³/mol. The summed E-state index contributed by atoms with van der Waals surface area (Å²) in [7, 11) is 0. The fourth-order valence-corrected chi connectivity index (χ4v) is 3.53. The van der Waals surface area contributed by atoms with Crippen LogP contribution < -0.4 is 15.0 Å². The Morgan fingerprint density at radius 2 is 2.10 bits per heavy atom. The fourth-order valence-electron chi connectivity index (χ4n) is 3.53. The molecule has 0 spiro atoms. The number of carbonyl (C=O) groups is 3. The Bertz CT molecular complexity index is 789. The minimum absolute atomic E-state index is 0.00454. The zero-order chi connectivity index (χ0) is 20.6. The van der Waals surface area contributed by atoms with E-state index in [1.165, 1.54) is 23.3 Å². The molecule has 7 nitrogen and oxygen atoms in total. The lowest BCUT2D eigenvalue weighted by molar-refractivity contribution is -0.154. The Hall–Kier alpha value is -2.83. The Morgan fingerprint density at radius 3 is 2.90 bits per heavy atom. The number of nitrogens with one attached hydrogen (secondary N) is 1. The first-order valence-corrected chi connectivity index (χ1v) is 10.2. The normalized spacial score (nSPS) is 16.9. The van der Waals surface area contributed by atoms with Gasteiger partial charge in [-0.1, -0.05) is 23.8 Å². The van der Waals surface area contributed by atoms with Crippen molar-refractivity contribution in [3.8, 4) is 5.75 Å². The van der Waals surface area contributed by atoms with Crippen LogP contribution in [0.2, 0.25) is 0 Å². The number of para-hydroxylation sites is 2. The highest BCUT2D eigenvalue weighted by Crippen LogP contribution is 2.31. The van der Waals surface area contributed by atoms with E-state index in [0.717, 1.165) is 19.3 Å². The molecule has 2 aliphatic rings. The van der Waals surface area contributed by atoms with E-state index in [4.69, 9.17) is 9.47 Å². The average molecular weight is 400 g/mol. The van der Waals surface area contributed by atoms with Crippen LogP contribution in [0, 0.1) is 0 Å². The summed E-state index contributed by atoms with van der Waals surface area (Å²) in [5.41, 5.74) is 2.02. The molecule has 1 aliphatic carbocycles. The molecule has 156 valence electrons. The fraction of sp³-hybridized carbons (Fsp3) is 0.500. The maximum atomic E-state index is 12.2. The molecule has 0 radical (unpaired) electrons. The molecule has 3 rings (SSSR count). The molecule has 1 N–H and O–H groups in total. The van der Waals surface area contributed by atoms with E-state index >= 15 is 0 Å². The minimum atomic E-state index is -0.865. The van der Waals surface area contributed by atoms with Crippen molar-refractivity contribution in [3.63, 3.8) is 0 Å². The van der Waals surface area contributed by atoms with Crippen molar-refractivity contribution >= 4 is 23.5 Å². The smallest absolute Gasteiger partial charge is 0.308 e. The first-order chi connectivity index (χ1) is 14.0. The van der Waals surface area contributed by atoms with Gasteiger partial charge < -0.3 is 19.7 Å². The van der Waals surface area contributed by atoms with Gasteiger partial charge in [-0.15, -0.1) is 0 Å². The standard InChI is InChI=1S/C22H28N2O5/c1-16(22(27)23-13-11-17-7-3-2-4-8-17)29-21(26)12-14-24-18-9-5-6-10-19(18)28-15-20(24)25/h5-7,9-10,16H,2-4,8,11-15H2,1H3,(H,23,27)/t16-/m1/s1. The minimum Gasteiger partial charge on any atom is -0.482 e. The maximum Gasteiger partial charge on any atom is 0.308 e. The van der Waals surface area contributed by atoms with Crippen molar-refractivity contribution in [2.75, 3.05) is 24.6 Å². The SMILES string of the molecule is C[C@@H](OC(=O)CCN1C(=O)COc2ccccc21)C(=O)NCCC1=CCCCC1. The number of hydrogen-bond acceptors (Lipinski definition) is 5. The van der Waals surface area contributed by atoms with E-state index in [1.54, 1.807) is 19.1 Å². The number of benzene rings is 1. The molecular formula is C22H28N2O5. The van der Waals surface area contributed by atoms with Crippen LogP contribution in [0.1, 0.15) is 45.4 Å². The molecule has 1 atom stereocenters. The van der Waals surface area contributed by atoms with E-state index in [9.17, 15) is 14.4 Å². The number of anilines is 1. The van der Waals surface area contributed by atoms with Crippen LogP contribution in [0.25, 0.3) is 0 Å². The van der Waals surface area contributed by atoms with Crippen LogP contribution in [0.15, 0.2) is 35.9 Å². The highest BCUT2D eigenvalue weighted by atomic mass is 16.5. The van der Waals surface area contributed by atoms with E-state index in [-0.39, 0.29) is 31.4 Å². The Morgan fingerprint density at radius 1 is 1.28 bits per heavy atom. The third-order valence-electron chi connectivity index (χ3n) is 5.16. The van der Waals surface area contributed by atoms with Gasteiger partial charge in [0.25, 0.3) is 11.8 Å². The van der Waals surface area contributed by atoms with Crippen LogP contribution in [0.5, 0.6) is 5.75 Å². The van der Waals surface area contributed by atoms with Crippen molar-refractivity contribution in [1.29, 1.82) is 0 Å². The van der Waals surface area contributed by atoms with Gasteiger partial charge in [-0.2, -0.15) is 0 Å². The largest absolute Gasteiger partial charge is 0.482 e. The lowest BCUT2D eigenvalue weighted by Gasteiger charge is -2.29. The van der Waals surface area contributed by atoms with Gasteiger partial charge in [0.1, 0.15) is 5.75 Å². The van der Waals surface area contributed by atoms with Crippen molar-refractivity contribution in [3.05, 3.63) is 35.9 Å². The van der Waals surface area contributed by atoms with E-state index in [2.05, 4.69) is 11.4 Å². The third kappa shape index (κ3) is 5.82. The second-order valence-electron chi connectivity index (χ2n) is 7.33. The summed E-state index contributed by atoms with van der Waals surface area (Å²) < 4.78 is 10.6. The summed E-state index contributed by atoms with van der Waals surface area (Å²) in [6.07, 6.45) is 6.90. The highest BCUT2D eigenvalue weighted by Gasteiger charge is 2.26. The molecule has 0 fully saturated rings. The zero-order valence-electron chi connectivity index (χ0n) is 16.8. The molecule has 0 bridgehead atoms. The molecule has 1 aromatic rings. The first kappa shape index (κ1) is 20.9. The van der Waals surface area contributed by atoms with E-state index in [0.29, 0.717) is 18.0 Å². The van der Waals surface area contributed by atoms with E-state index < -0.39 is 12.1 Å². The van der Waals surface area contributed by atoms with Gasteiger partial charge in [-0.3, -0.25) is 14.4 Å². The molecule has 1 heterocycles. The molecule has 29 heavy (non-hydrogen) atoms.